The standard InChI is InChI=1S/C20H16NO2S.HI/c1-2-21-16-8-4-6-10-18(16)24-19(21)12-11-14-13-23-17-9-5-3-7-15(17)20(14)22;/h3-13H,2H2,1H3;1H/q+1;/p-1/b12-11+;. The lowest BCUT2D eigenvalue weighted by molar-refractivity contribution is -0.665. The van der Waals surface area contributed by atoms with E-state index in [0.717, 1.165) is 11.6 Å². The molecule has 0 atom stereocenters. The second-order valence-corrected chi connectivity index (χ2v) is 6.56. The van der Waals surface area contributed by atoms with Crippen molar-refractivity contribution in [3.63, 3.8) is 0 Å². The van der Waals surface area contributed by atoms with Crippen LogP contribution in [-0.4, -0.2) is 0 Å². The summed E-state index contributed by atoms with van der Waals surface area (Å²) in [6.45, 7) is 3.01. The number of fused-ring (bicyclic) bond motifs is 2. The van der Waals surface area contributed by atoms with Crippen LogP contribution in [0.25, 0.3) is 33.3 Å². The van der Waals surface area contributed by atoms with Gasteiger partial charge in [0, 0.05) is 12.1 Å². The molecule has 0 saturated heterocycles. The Bertz CT molecular complexity index is 1130. The summed E-state index contributed by atoms with van der Waals surface area (Å²) in [5, 5.41) is 1.73. The van der Waals surface area contributed by atoms with Gasteiger partial charge in [-0.2, -0.15) is 4.57 Å². The zero-order chi connectivity index (χ0) is 16.5. The lowest BCUT2D eigenvalue weighted by Crippen LogP contribution is -3.00. The summed E-state index contributed by atoms with van der Waals surface area (Å²) in [6, 6.07) is 15.7. The van der Waals surface area contributed by atoms with Crippen LogP contribution in [0.5, 0.6) is 0 Å². The summed E-state index contributed by atoms with van der Waals surface area (Å²) >= 11 is 1.72. The van der Waals surface area contributed by atoms with Gasteiger partial charge in [-0.25, -0.2) is 0 Å². The highest BCUT2D eigenvalue weighted by Gasteiger charge is 2.16. The summed E-state index contributed by atoms with van der Waals surface area (Å²) < 4.78 is 9.06. The van der Waals surface area contributed by atoms with Gasteiger partial charge in [0.25, 0.3) is 5.01 Å². The Labute approximate surface area is 166 Å². The largest absolute Gasteiger partial charge is 1.00 e. The molecule has 2 aromatic heterocycles. The van der Waals surface area contributed by atoms with Crippen molar-refractivity contribution in [1.82, 2.24) is 0 Å². The average molecular weight is 461 g/mol. The Kier molecular flexibility index (Phi) is 5.34. The van der Waals surface area contributed by atoms with Gasteiger partial charge in [0.15, 0.2) is 5.43 Å². The van der Waals surface area contributed by atoms with Gasteiger partial charge in [-0.05, 0) is 31.2 Å². The van der Waals surface area contributed by atoms with Crippen molar-refractivity contribution in [2.45, 2.75) is 13.5 Å². The number of aryl methyl sites for hydroxylation is 1. The second-order valence-electron chi connectivity index (χ2n) is 5.50. The first-order valence-electron chi connectivity index (χ1n) is 7.88. The van der Waals surface area contributed by atoms with E-state index in [0.29, 0.717) is 16.5 Å². The molecule has 0 amide bonds. The van der Waals surface area contributed by atoms with Gasteiger partial charge >= 0.3 is 0 Å². The monoisotopic (exact) mass is 461 g/mol. The van der Waals surface area contributed by atoms with Crippen LogP contribution >= 0.6 is 11.3 Å². The molecule has 0 aliphatic carbocycles. The molecule has 4 rings (SSSR count). The number of halogens is 1. The van der Waals surface area contributed by atoms with Crippen LogP contribution < -0.4 is 34.0 Å². The lowest BCUT2D eigenvalue weighted by atomic mass is 10.1. The molecule has 126 valence electrons. The molecule has 0 saturated carbocycles. The van der Waals surface area contributed by atoms with Crippen LogP contribution in [0.1, 0.15) is 17.5 Å². The van der Waals surface area contributed by atoms with Crippen LogP contribution in [-0.2, 0) is 6.54 Å². The van der Waals surface area contributed by atoms with Crippen molar-refractivity contribution >= 4 is 44.7 Å². The minimum absolute atomic E-state index is 0. The summed E-state index contributed by atoms with van der Waals surface area (Å²) in [6.07, 6.45) is 5.37. The van der Waals surface area contributed by atoms with Crippen molar-refractivity contribution in [3.8, 4) is 0 Å². The molecule has 0 spiro atoms. The van der Waals surface area contributed by atoms with Crippen molar-refractivity contribution in [1.29, 1.82) is 0 Å². The molecule has 5 heteroatoms. The highest BCUT2D eigenvalue weighted by Crippen LogP contribution is 2.22. The fourth-order valence-electron chi connectivity index (χ4n) is 2.87. The maximum atomic E-state index is 12.6. The third-order valence-electron chi connectivity index (χ3n) is 4.07. The third kappa shape index (κ3) is 3.26. The van der Waals surface area contributed by atoms with Gasteiger partial charge in [-0.1, -0.05) is 35.6 Å². The average Bonchev–Trinajstić information content (AvgIpc) is 2.99. The van der Waals surface area contributed by atoms with E-state index in [2.05, 4.69) is 23.6 Å². The summed E-state index contributed by atoms with van der Waals surface area (Å²) in [5.74, 6) is 0. The van der Waals surface area contributed by atoms with Gasteiger partial charge in [-0.3, -0.25) is 4.79 Å². The fraction of sp³-hybridized carbons (Fsp3) is 0.100. The smallest absolute Gasteiger partial charge is 0.262 e. The van der Waals surface area contributed by atoms with Crippen LogP contribution in [0, 0.1) is 0 Å². The molecule has 0 bridgehead atoms. The van der Waals surface area contributed by atoms with E-state index in [9.17, 15) is 4.79 Å². The van der Waals surface area contributed by atoms with Crippen LogP contribution in [0.3, 0.4) is 0 Å². The van der Waals surface area contributed by atoms with E-state index in [-0.39, 0.29) is 29.4 Å². The normalized spacial score (nSPS) is 11.2. The number of hydrogen-bond acceptors (Lipinski definition) is 3. The Morgan fingerprint density at radius 1 is 1.08 bits per heavy atom. The number of hydrogen-bond donors (Lipinski definition) is 0. The van der Waals surface area contributed by atoms with Crippen LogP contribution in [0.15, 0.2) is 64.0 Å². The third-order valence-corrected chi connectivity index (χ3v) is 5.20. The van der Waals surface area contributed by atoms with E-state index < -0.39 is 0 Å². The zero-order valence-corrected chi connectivity index (χ0v) is 16.6. The number of nitrogens with zero attached hydrogens (tertiary/aromatic N) is 1. The highest BCUT2D eigenvalue weighted by atomic mass is 127. The topological polar surface area (TPSA) is 34.1 Å². The molecule has 0 aliphatic heterocycles. The van der Waals surface area contributed by atoms with Crippen molar-refractivity contribution in [3.05, 3.63) is 75.6 Å². The molecule has 0 unspecified atom stereocenters. The molecular weight excluding hydrogens is 445 g/mol. The first kappa shape index (κ1) is 17.8. The van der Waals surface area contributed by atoms with Crippen molar-refractivity contribution in [2.75, 3.05) is 0 Å². The number of para-hydroxylation sites is 2. The highest BCUT2D eigenvalue weighted by molar-refractivity contribution is 7.18. The van der Waals surface area contributed by atoms with E-state index in [1.54, 1.807) is 23.5 Å². The van der Waals surface area contributed by atoms with Gasteiger partial charge in [0.2, 0.25) is 5.52 Å². The van der Waals surface area contributed by atoms with E-state index in [4.69, 9.17) is 4.42 Å². The van der Waals surface area contributed by atoms with E-state index in [1.807, 2.05) is 36.4 Å². The van der Waals surface area contributed by atoms with Crippen molar-refractivity contribution in [2.24, 2.45) is 0 Å². The molecule has 2 heterocycles. The minimum atomic E-state index is -0.00254. The van der Waals surface area contributed by atoms with Gasteiger partial charge < -0.3 is 28.4 Å². The molecule has 4 aromatic rings. The number of benzene rings is 2. The second kappa shape index (κ2) is 7.49. The quantitative estimate of drug-likeness (QED) is 0.343. The van der Waals surface area contributed by atoms with E-state index >= 15 is 0 Å². The first-order chi connectivity index (χ1) is 11.8. The number of rotatable bonds is 3. The van der Waals surface area contributed by atoms with Gasteiger partial charge in [-0.15, -0.1) is 0 Å². The predicted molar refractivity (Wildman–Crippen MR) is 99.1 cm³/mol. The Morgan fingerprint density at radius 3 is 2.68 bits per heavy atom. The Hall–Kier alpha value is -1.99. The molecule has 2 aromatic carbocycles. The molecule has 0 N–H and O–H groups in total. The van der Waals surface area contributed by atoms with E-state index in [1.165, 1.54) is 16.5 Å². The summed E-state index contributed by atoms with van der Waals surface area (Å²) in [4.78, 5) is 12.6. The molecule has 25 heavy (non-hydrogen) atoms. The van der Waals surface area contributed by atoms with Gasteiger partial charge in [0.1, 0.15) is 23.1 Å². The van der Waals surface area contributed by atoms with Gasteiger partial charge in [0.05, 0.1) is 10.9 Å². The number of aromatic nitrogens is 1. The Balaban J connectivity index is 0.00000182. The maximum Gasteiger partial charge on any atom is 0.262 e. The summed E-state index contributed by atoms with van der Waals surface area (Å²) in [5.41, 5.74) is 2.39. The Morgan fingerprint density at radius 2 is 1.84 bits per heavy atom. The zero-order valence-electron chi connectivity index (χ0n) is 13.6. The molecular formula is C20H16INO2S. The minimum Gasteiger partial charge on any atom is -1.00 e. The SMILES string of the molecule is CC[n+]1c(/C=C/c2coc3ccccc3c2=O)sc2ccccc21.[I-]. The van der Waals surface area contributed by atoms with Crippen LogP contribution in [0.4, 0.5) is 0 Å². The first-order valence-corrected chi connectivity index (χ1v) is 8.69. The summed E-state index contributed by atoms with van der Waals surface area (Å²) in [7, 11) is 0. The van der Waals surface area contributed by atoms with Crippen molar-refractivity contribution < 1.29 is 33.0 Å². The van der Waals surface area contributed by atoms with Crippen LogP contribution in [0.2, 0.25) is 0 Å². The number of thiazole rings is 1. The molecule has 0 fully saturated rings. The molecule has 0 aliphatic rings. The predicted octanol–water partition coefficient (Wildman–Crippen LogP) is 1.49. The molecule has 0 radical (unpaired) electrons. The molecule has 3 nitrogen and oxygen atoms in total. The fourth-order valence-corrected chi connectivity index (χ4v) is 4.00. The maximum absolute atomic E-state index is 12.6. The lowest BCUT2D eigenvalue weighted by Gasteiger charge is -1.97.